The van der Waals surface area contributed by atoms with E-state index >= 15 is 0 Å². The molecular formula is C15H24N4O4. The van der Waals surface area contributed by atoms with Crippen molar-refractivity contribution in [2.24, 2.45) is 0 Å². The van der Waals surface area contributed by atoms with Crippen LogP contribution >= 0.6 is 0 Å². The Morgan fingerprint density at radius 3 is 2.48 bits per heavy atom. The Balaban J connectivity index is 2.21. The molecule has 0 fully saturated rings. The molecule has 23 heavy (non-hydrogen) atoms. The molecule has 0 aromatic carbocycles. The second-order valence-corrected chi connectivity index (χ2v) is 6.39. The van der Waals surface area contributed by atoms with Crippen molar-refractivity contribution in [2.45, 2.75) is 52.9 Å². The number of carbonyl (C=O) groups excluding carboxylic acids is 2. The van der Waals surface area contributed by atoms with Crippen molar-refractivity contribution < 1.29 is 19.2 Å². The Bertz CT molecular complexity index is 618. The first-order chi connectivity index (χ1) is 10.7. The summed E-state index contributed by atoms with van der Waals surface area (Å²) < 4.78 is 7.20. The molecule has 0 unspecified atom stereocenters. The van der Waals surface area contributed by atoms with Gasteiger partial charge in [0.05, 0.1) is 31.6 Å². The van der Waals surface area contributed by atoms with Crippen molar-refractivity contribution >= 4 is 12.0 Å². The lowest BCUT2D eigenvalue weighted by Gasteiger charge is -2.24. The molecule has 0 N–H and O–H groups in total. The van der Waals surface area contributed by atoms with Crippen molar-refractivity contribution in [2.75, 3.05) is 14.2 Å². The van der Waals surface area contributed by atoms with Gasteiger partial charge < -0.3 is 9.30 Å². The van der Waals surface area contributed by atoms with Gasteiger partial charge in [0.15, 0.2) is 0 Å². The number of nitrogens with zero attached hydrogens (tertiary/aromatic N) is 4. The van der Waals surface area contributed by atoms with Gasteiger partial charge in [-0.25, -0.2) is 14.8 Å². The highest BCUT2D eigenvalue weighted by molar-refractivity contribution is 5.90. The minimum absolute atomic E-state index is 0.312. The van der Waals surface area contributed by atoms with E-state index in [0.717, 1.165) is 16.5 Å². The van der Waals surface area contributed by atoms with E-state index in [9.17, 15) is 9.59 Å². The van der Waals surface area contributed by atoms with E-state index in [1.54, 1.807) is 4.90 Å². The summed E-state index contributed by atoms with van der Waals surface area (Å²) in [7, 11) is 2.96. The van der Waals surface area contributed by atoms with Crippen molar-refractivity contribution in [1.82, 2.24) is 19.5 Å². The van der Waals surface area contributed by atoms with Crippen molar-refractivity contribution in [3.05, 3.63) is 17.2 Å². The molecule has 0 saturated heterocycles. The lowest BCUT2D eigenvalue weighted by Crippen LogP contribution is -2.34. The van der Waals surface area contributed by atoms with Crippen molar-refractivity contribution in [1.29, 1.82) is 0 Å². The van der Waals surface area contributed by atoms with Gasteiger partial charge in [0.25, 0.3) is 0 Å². The van der Waals surface area contributed by atoms with Gasteiger partial charge in [0, 0.05) is 13.6 Å². The second kappa shape index (κ2) is 6.19. The molecule has 1 aromatic heterocycles. The second-order valence-electron chi connectivity index (χ2n) is 6.39. The van der Waals surface area contributed by atoms with Gasteiger partial charge in [0.2, 0.25) is 5.82 Å². The Labute approximate surface area is 135 Å². The van der Waals surface area contributed by atoms with Crippen LogP contribution in [-0.2, 0) is 29.2 Å². The third-order valence-corrected chi connectivity index (χ3v) is 3.56. The zero-order chi connectivity index (χ0) is 17.4. The summed E-state index contributed by atoms with van der Waals surface area (Å²) in [5.41, 5.74) is 1.05. The maximum Gasteiger partial charge on any atom is 0.410 e. The fourth-order valence-corrected chi connectivity index (χ4v) is 2.44. The maximum absolute atomic E-state index is 12.3. The fraction of sp³-hybridized carbons (Fsp3) is 0.667. The lowest BCUT2D eigenvalue weighted by atomic mass is 10.2. The van der Waals surface area contributed by atoms with Crippen LogP contribution in [0.2, 0.25) is 0 Å². The number of ether oxygens (including phenoxy) is 1. The van der Waals surface area contributed by atoms with Crippen LogP contribution in [0.5, 0.6) is 0 Å². The van der Waals surface area contributed by atoms with E-state index in [4.69, 9.17) is 9.57 Å². The summed E-state index contributed by atoms with van der Waals surface area (Å²) in [6, 6.07) is 0. The number of hydrogen-bond donors (Lipinski definition) is 0. The van der Waals surface area contributed by atoms with Gasteiger partial charge in [0.1, 0.15) is 5.60 Å². The average molecular weight is 324 g/mol. The molecule has 2 heterocycles. The van der Waals surface area contributed by atoms with Crippen LogP contribution in [0.1, 0.15) is 49.7 Å². The quantitative estimate of drug-likeness (QED) is 0.792. The first-order valence-corrected chi connectivity index (χ1v) is 7.56. The summed E-state index contributed by atoms with van der Waals surface area (Å²) >= 11 is 0. The number of aromatic nitrogens is 2. The Morgan fingerprint density at radius 2 is 1.96 bits per heavy atom. The monoisotopic (exact) mass is 324 g/mol. The van der Waals surface area contributed by atoms with E-state index in [-0.39, 0.29) is 12.0 Å². The van der Waals surface area contributed by atoms with Gasteiger partial charge in [-0.15, -0.1) is 0 Å². The summed E-state index contributed by atoms with van der Waals surface area (Å²) in [5, 5.41) is 1.13. The van der Waals surface area contributed by atoms with Crippen LogP contribution in [0.25, 0.3) is 0 Å². The first kappa shape index (κ1) is 17.3. The summed E-state index contributed by atoms with van der Waals surface area (Å²) in [5.74, 6) is 0.0123. The fourth-order valence-electron chi connectivity index (χ4n) is 2.44. The zero-order valence-corrected chi connectivity index (χ0v) is 14.5. The molecule has 0 aliphatic carbocycles. The van der Waals surface area contributed by atoms with E-state index in [1.807, 2.05) is 32.3 Å². The minimum atomic E-state index is -0.542. The van der Waals surface area contributed by atoms with Gasteiger partial charge in [-0.3, -0.25) is 14.5 Å². The van der Waals surface area contributed by atoms with Crippen LogP contribution in [0, 0.1) is 0 Å². The number of imidazole rings is 1. The number of amides is 2. The lowest BCUT2D eigenvalue weighted by molar-refractivity contribution is -0.0767. The summed E-state index contributed by atoms with van der Waals surface area (Å²) in [4.78, 5) is 35.4. The molecule has 2 amide bonds. The Hall–Kier alpha value is -2.09. The molecule has 8 nitrogen and oxygen atoms in total. The van der Waals surface area contributed by atoms with Crippen LogP contribution < -0.4 is 0 Å². The van der Waals surface area contributed by atoms with Crippen LogP contribution in [0.3, 0.4) is 0 Å². The normalized spacial score (nSPS) is 13.9. The molecule has 0 saturated carbocycles. The molecule has 0 bridgehead atoms. The molecule has 0 atom stereocenters. The minimum Gasteiger partial charge on any atom is -0.444 e. The average Bonchev–Trinajstić information content (AvgIpc) is 3.00. The van der Waals surface area contributed by atoms with Crippen molar-refractivity contribution in [3.63, 3.8) is 0 Å². The smallest absolute Gasteiger partial charge is 0.410 e. The predicted octanol–water partition coefficient (Wildman–Crippen LogP) is 1.79. The van der Waals surface area contributed by atoms with Gasteiger partial charge in [-0.1, -0.05) is 0 Å². The van der Waals surface area contributed by atoms with Gasteiger partial charge >= 0.3 is 12.0 Å². The Morgan fingerprint density at radius 1 is 1.30 bits per heavy atom. The van der Waals surface area contributed by atoms with Crippen LogP contribution in [0.4, 0.5) is 4.79 Å². The number of rotatable bonds is 3. The predicted molar refractivity (Wildman–Crippen MR) is 82.5 cm³/mol. The molecule has 1 aromatic rings. The van der Waals surface area contributed by atoms with Gasteiger partial charge in [-0.2, -0.15) is 0 Å². The third kappa shape index (κ3) is 3.47. The SMILES string of the molecule is CCn1c(C(=O)N(C)OC)nc2c1CN(C(=O)OC(C)(C)C)C2. The van der Waals surface area contributed by atoms with E-state index in [1.165, 1.54) is 14.2 Å². The Kier molecular flexibility index (Phi) is 4.65. The largest absolute Gasteiger partial charge is 0.444 e. The van der Waals surface area contributed by atoms with E-state index in [2.05, 4.69) is 4.98 Å². The first-order valence-electron chi connectivity index (χ1n) is 7.56. The highest BCUT2D eigenvalue weighted by Crippen LogP contribution is 2.26. The summed E-state index contributed by atoms with van der Waals surface area (Å²) in [6.07, 6.45) is -0.375. The number of hydrogen-bond acceptors (Lipinski definition) is 5. The molecule has 1 aliphatic rings. The maximum atomic E-state index is 12.3. The highest BCUT2D eigenvalue weighted by atomic mass is 16.7. The van der Waals surface area contributed by atoms with E-state index < -0.39 is 5.60 Å². The zero-order valence-electron chi connectivity index (χ0n) is 14.5. The molecule has 0 radical (unpaired) electrons. The molecule has 0 spiro atoms. The van der Waals surface area contributed by atoms with Crippen molar-refractivity contribution in [3.8, 4) is 0 Å². The molecule has 8 heteroatoms. The molecule has 2 rings (SSSR count). The molecular weight excluding hydrogens is 300 g/mol. The topological polar surface area (TPSA) is 76.9 Å². The number of carbonyl (C=O) groups is 2. The molecule has 1 aliphatic heterocycles. The van der Waals surface area contributed by atoms with Crippen LogP contribution in [0.15, 0.2) is 0 Å². The summed E-state index contributed by atoms with van der Waals surface area (Å²) in [6.45, 7) is 8.73. The van der Waals surface area contributed by atoms with Crippen LogP contribution in [-0.4, -0.2) is 51.3 Å². The number of fused-ring (bicyclic) bond motifs is 1. The third-order valence-electron chi connectivity index (χ3n) is 3.56. The van der Waals surface area contributed by atoms with E-state index in [0.29, 0.717) is 25.5 Å². The standard InChI is InChI=1S/C15H24N4O4/c1-7-19-11-9-18(14(21)23-15(2,3)4)8-10(11)16-12(19)13(20)17(5)22-6/h7-9H2,1-6H3. The van der Waals surface area contributed by atoms with Gasteiger partial charge in [-0.05, 0) is 27.7 Å². The number of hydroxylamine groups is 2. The molecule has 128 valence electrons. The highest BCUT2D eigenvalue weighted by Gasteiger charge is 2.34.